The van der Waals surface area contributed by atoms with Crippen LogP contribution in [0.25, 0.3) is 0 Å². The summed E-state index contributed by atoms with van der Waals surface area (Å²) in [6, 6.07) is 2.28. The second kappa shape index (κ2) is 6.88. The summed E-state index contributed by atoms with van der Waals surface area (Å²) in [4.78, 5) is 9.13. The van der Waals surface area contributed by atoms with Gasteiger partial charge in [0.2, 0.25) is 0 Å². The molecule has 1 aliphatic carbocycles. The van der Waals surface area contributed by atoms with E-state index in [0.29, 0.717) is 17.9 Å². The van der Waals surface area contributed by atoms with E-state index in [4.69, 9.17) is 0 Å². The lowest BCUT2D eigenvalue weighted by Crippen LogP contribution is -2.27. The van der Waals surface area contributed by atoms with E-state index in [-0.39, 0.29) is 6.61 Å². The first kappa shape index (κ1) is 15.0. The number of nitrogens with one attached hydrogen (secondary N) is 2. The summed E-state index contributed by atoms with van der Waals surface area (Å²) in [7, 11) is 0. The van der Waals surface area contributed by atoms with Gasteiger partial charge in [0.25, 0.3) is 0 Å². The van der Waals surface area contributed by atoms with Crippen molar-refractivity contribution in [3.05, 3.63) is 11.9 Å². The second-order valence-electron chi connectivity index (χ2n) is 5.81. The quantitative estimate of drug-likeness (QED) is 0.746. The van der Waals surface area contributed by atoms with Crippen molar-refractivity contribution in [1.29, 1.82) is 0 Å². The van der Waals surface area contributed by atoms with Crippen LogP contribution in [0.4, 0.5) is 11.6 Å². The predicted molar refractivity (Wildman–Crippen MR) is 82.1 cm³/mol. The largest absolute Gasteiger partial charge is 0.396 e. The van der Waals surface area contributed by atoms with Crippen LogP contribution in [0.1, 0.15) is 51.8 Å². The Hall–Kier alpha value is -1.36. The molecule has 0 aromatic carbocycles. The number of aliphatic hydroxyl groups excluding tert-OH is 1. The van der Waals surface area contributed by atoms with Gasteiger partial charge in [-0.1, -0.05) is 20.3 Å². The molecule has 0 bridgehead atoms. The molecule has 1 saturated carbocycles. The van der Waals surface area contributed by atoms with Crippen molar-refractivity contribution in [3.63, 3.8) is 0 Å². The van der Waals surface area contributed by atoms with Crippen LogP contribution < -0.4 is 10.6 Å². The minimum absolute atomic E-state index is 0.250. The zero-order valence-corrected chi connectivity index (χ0v) is 12.7. The molecule has 1 heterocycles. The molecule has 5 heteroatoms. The molecular formula is C15H26N4O. The van der Waals surface area contributed by atoms with Crippen molar-refractivity contribution in [1.82, 2.24) is 9.97 Å². The lowest BCUT2D eigenvalue weighted by molar-refractivity contribution is 0.222. The van der Waals surface area contributed by atoms with Crippen molar-refractivity contribution in [2.24, 2.45) is 5.92 Å². The summed E-state index contributed by atoms with van der Waals surface area (Å²) in [5.41, 5.74) is 0. The molecule has 2 rings (SSSR count). The molecule has 0 spiro atoms. The number of hydrogen-bond donors (Lipinski definition) is 3. The van der Waals surface area contributed by atoms with Gasteiger partial charge in [0, 0.05) is 37.1 Å². The Bertz CT molecular complexity index is 436. The number of hydrogen-bond acceptors (Lipinski definition) is 5. The molecule has 0 amide bonds. The highest BCUT2D eigenvalue weighted by Crippen LogP contribution is 2.28. The zero-order chi connectivity index (χ0) is 14.5. The van der Waals surface area contributed by atoms with Gasteiger partial charge in [0.1, 0.15) is 17.5 Å². The van der Waals surface area contributed by atoms with E-state index in [2.05, 4.69) is 41.4 Å². The van der Waals surface area contributed by atoms with Crippen molar-refractivity contribution in [3.8, 4) is 0 Å². The van der Waals surface area contributed by atoms with Gasteiger partial charge < -0.3 is 15.7 Å². The van der Waals surface area contributed by atoms with Crippen LogP contribution in [0.15, 0.2) is 6.07 Å². The Balaban J connectivity index is 2.17. The first-order chi connectivity index (χ1) is 9.63. The van der Waals surface area contributed by atoms with Crippen LogP contribution in [0.5, 0.6) is 0 Å². The number of rotatable bonds is 6. The van der Waals surface area contributed by atoms with E-state index in [1.165, 1.54) is 6.42 Å². The molecular weight excluding hydrogens is 252 g/mol. The Morgan fingerprint density at radius 2 is 2.05 bits per heavy atom. The van der Waals surface area contributed by atoms with Gasteiger partial charge in [-0.2, -0.15) is 0 Å². The normalized spacial score (nSPS) is 22.2. The van der Waals surface area contributed by atoms with E-state index in [1.54, 1.807) is 0 Å². The predicted octanol–water partition coefficient (Wildman–Crippen LogP) is 2.60. The van der Waals surface area contributed by atoms with Crippen LogP contribution in [0, 0.1) is 5.92 Å². The van der Waals surface area contributed by atoms with E-state index in [0.717, 1.165) is 36.8 Å². The van der Waals surface area contributed by atoms with Gasteiger partial charge in [-0.15, -0.1) is 0 Å². The molecule has 3 N–H and O–H groups in total. The Kier molecular flexibility index (Phi) is 5.17. The van der Waals surface area contributed by atoms with Crippen LogP contribution in [0.3, 0.4) is 0 Å². The minimum Gasteiger partial charge on any atom is -0.396 e. The third-order valence-electron chi connectivity index (χ3n) is 3.84. The molecule has 5 nitrogen and oxygen atoms in total. The maximum atomic E-state index is 9.41. The number of anilines is 2. The molecule has 20 heavy (non-hydrogen) atoms. The van der Waals surface area contributed by atoms with E-state index in [1.807, 2.05) is 6.07 Å². The minimum atomic E-state index is 0.250. The summed E-state index contributed by atoms with van der Waals surface area (Å²) in [6.07, 6.45) is 3.37. The zero-order valence-electron chi connectivity index (χ0n) is 12.7. The van der Waals surface area contributed by atoms with Crippen molar-refractivity contribution >= 4 is 11.6 Å². The number of aromatic nitrogens is 2. The van der Waals surface area contributed by atoms with Gasteiger partial charge in [0.05, 0.1) is 0 Å². The molecule has 1 aliphatic rings. The van der Waals surface area contributed by atoms with Gasteiger partial charge >= 0.3 is 0 Å². The summed E-state index contributed by atoms with van der Waals surface area (Å²) >= 11 is 0. The van der Waals surface area contributed by atoms with E-state index < -0.39 is 0 Å². The monoisotopic (exact) mass is 278 g/mol. The first-order valence-electron chi connectivity index (χ1n) is 7.64. The van der Waals surface area contributed by atoms with Crippen LogP contribution >= 0.6 is 0 Å². The average molecular weight is 278 g/mol. The van der Waals surface area contributed by atoms with Crippen LogP contribution in [-0.2, 0) is 0 Å². The Labute approximate surface area is 121 Å². The maximum absolute atomic E-state index is 9.41. The van der Waals surface area contributed by atoms with Crippen LogP contribution in [0.2, 0.25) is 0 Å². The summed E-state index contributed by atoms with van der Waals surface area (Å²) in [6.45, 7) is 7.35. The molecule has 1 aromatic rings. The molecule has 0 aliphatic heterocycles. The Morgan fingerprint density at radius 1 is 1.30 bits per heavy atom. The SMILES string of the molecule is CCNc1cc(NC2CCCC2CO)nc(C(C)C)n1. The molecule has 1 aromatic heterocycles. The molecule has 2 unspecified atom stereocenters. The fraction of sp³-hybridized carbons (Fsp3) is 0.733. The average Bonchev–Trinajstić information content (AvgIpc) is 2.86. The lowest BCUT2D eigenvalue weighted by atomic mass is 10.1. The number of nitrogens with zero attached hydrogens (tertiary/aromatic N) is 2. The highest BCUT2D eigenvalue weighted by Gasteiger charge is 2.27. The fourth-order valence-corrected chi connectivity index (χ4v) is 2.71. The first-order valence-corrected chi connectivity index (χ1v) is 7.64. The summed E-state index contributed by atoms with van der Waals surface area (Å²) in [5, 5.41) is 16.1. The molecule has 1 fully saturated rings. The lowest BCUT2D eigenvalue weighted by Gasteiger charge is -2.20. The van der Waals surface area contributed by atoms with Crippen molar-refractivity contribution in [2.45, 2.75) is 52.0 Å². The third-order valence-corrected chi connectivity index (χ3v) is 3.84. The third kappa shape index (κ3) is 3.60. The standard InChI is InChI=1S/C15H26N4O/c1-4-16-13-8-14(19-15(18-13)10(2)3)17-12-7-5-6-11(12)9-20/h8,10-12,20H,4-7,9H2,1-3H3,(H2,16,17,18,19). The Morgan fingerprint density at radius 3 is 2.70 bits per heavy atom. The summed E-state index contributed by atoms with van der Waals surface area (Å²) < 4.78 is 0. The highest BCUT2D eigenvalue weighted by molar-refractivity contribution is 5.48. The fourth-order valence-electron chi connectivity index (χ4n) is 2.71. The van der Waals surface area contributed by atoms with Gasteiger partial charge in [-0.3, -0.25) is 0 Å². The van der Waals surface area contributed by atoms with Crippen molar-refractivity contribution < 1.29 is 5.11 Å². The maximum Gasteiger partial charge on any atom is 0.135 e. The number of aliphatic hydroxyl groups is 1. The van der Waals surface area contributed by atoms with E-state index >= 15 is 0 Å². The molecule has 112 valence electrons. The summed E-state index contributed by atoms with van der Waals surface area (Å²) in [5.74, 6) is 3.23. The highest BCUT2D eigenvalue weighted by atomic mass is 16.3. The molecule has 2 atom stereocenters. The van der Waals surface area contributed by atoms with Crippen LogP contribution in [-0.4, -0.2) is 34.3 Å². The smallest absolute Gasteiger partial charge is 0.135 e. The topological polar surface area (TPSA) is 70.1 Å². The second-order valence-corrected chi connectivity index (χ2v) is 5.81. The van der Waals surface area contributed by atoms with E-state index in [9.17, 15) is 5.11 Å². The van der Waals surface area contributed by atoms with Gasteiger partial charge in [0.15, 0.2) is 0 Å². The van der Waals surface area contributed by atoms with Gasteiger partial charge in [-0.05, 0) is 19.8 Å². The van der Waals surface area contributed by atoms with Gasteiger partial charge in [-0.25, -0.2) is 9.97 Å². The molecule has 0 saturated heterocycles. The molecule has 0 radical (unpaired) electrons. The van der Waals surface area contributed by atoms with Crippen molar-refractivity contribution in [2.75, 3.05) is 23.8 Å².